The summed E-state index contributed by atoms with van der Waals surface area (Å²) in [7, 11) is 0. The van der Waals surface area contributed by atoms with Gasteiger partial charge in [0, 0.05) is 24.5 Å². The van der Waals surface area contributed by atoms with Gasteiger partial charge in [0.1, 0.15) is 24.6 Å². The molecule has 0 amide bonds. The number of ether oxygens (including phenoxy) is 6. The molecule has 0 saturated carbocycles. The first-order chi connectivity index (χ1) is 17.9. The molecule has 4 heterocycles. The normalized spacial score (nSPS) is 16.9. The zero-order valence-corrected chi connectivity index (χ0v) is 20.0. The summed E-state index contributed by atoms with van der Waals surface area (Å²) in [4.78, 5) is 16.4. The summed E-state index contributed by atoms with van der Waals surface area (Å²) < 4.78 is 34.3. The molecule has 0 radical (unpaired) electrons. The van der Waals surface area contributed by atoms with Crippen LogP contribution in [0.3, 0.4) is 0 Å². The number of nitrogens with one attached hydrogen (secondary N) is 2. The van der Waals surface area contributed by atoms with Gasteiger partial charge in [0.2, 0.25) is 0 Å². The van der Waals surface area contributed by atoms with E-state index in [0.29, 0.717) is 88.6 Å². The third kappa shape index (κ3) is 6.21. The van der Waals surface area contributed by atoms with E-state index >= 15 is 0 Å². The highest BCUT2D eigenvalue weighted by molar-refractivity contribution is 5.86. The van der Waals surface area contributed by atoms with E-state index < -0.39 is 0 Å². The van der Waals surface area contributed by atoms with Crippen LogP contribution in [0.1, 0.15) is 0 Å². The van der Waals surface area contributed by atoms with E-state index in [0.717, 1.165) is 22.8 Å². The number of rotatable bonds is 2. The molecule has 0 bridgehead atoms. The average molecular weight is 495 g/mol. The van der Waals surface area contributed by atoms with Crippen LogP contribution in [-0.4, -0.2) is 86.0 Å². The van der Waals surface area contributed by atoms with E-state index in [9.17, 15) is 0 Å². The Bertz CT molecular complexity index is 1120. The molecular weight excluding hydrogens is 464 g/mol. The highest BCUT2D eigenvalue weighted by Gasteiger charge is 2.17. The van der Waals surface area contributed by atoms with Crippen LogP contribution >= 0.6 is 0 Å². The second-order valence-electron chi connectivity index (χ2n) is 8.02. The zero-order valence-electron chi connectivity index (χ0n) is 20.0. The molecule has 2 N–H and O–H groups in total. The maximum absolute atomic E-state index is 6.04. The molecule has 190 valence electrons. The van der Waals surface area contributed by atoms with Crippen molar-refractivity contribution in [3.63, 3.8) is 0 Å². The van der Waals surface area contributed by atoms with Crippen LogP contribution in [0.2, 0.25) is 0 Å². The van der Waals surface area contributed by atoms with Gasteiger partial charge in [-0.15, -0.1) is 0 Å². The number of H-pyrrole nitrogens is 2. The van der Waals surface area contributed by atoms with Crippen LogP contribution in [0.5, 0.6) is 11.5 Å². The van der Waals surface area contributed by atoms with Crippen molar-refractivity contribution in [1.82, 2.24) is 19.9 Å². The maximum atomic E-state index is 6.04. The summed E-state index contributed by atoms with van der Waals surface area (Å²) in [6.07, 6.45) is 3.74. The van der Waals surface area contributed by atoms with Gasteiger partial charge in [-0.2, -0.15) is 0 Å². The lowest BCUT2D eigenvalue weighted by Gasteiger charge is -2.15. The first-order valence-electron chi connectivity index (χ1n) is 12.1. The van der Waals surface area contributed by atoms with Crippen LogP contribution in [0.25, 0.3) is 33.8 Å². The van der Waals surface area contributed by atoms with E-state index in [1.807, 2.05) is 48.8 Å². The highest BCUT2D eigenvalue weighted by atomic mass is 16.6. The fourth-order valence-corrected chi connectivity index (χ4v) is 3.80. The molecule has 0 saturated heterocycles. The Balaban J connectivity index is 1.44. The number of fused-ring (bicyclic) bond motifs is 2. The molecule has 5 rings (SSSR count). The monoisotopic (exact) mass is 494 g/mol. The Labute approximate surface area is 208 Å². The van der Waals surface area contributed by atoms with Crippen LogP contribution in [0.15, 0.2) is 48.8 Å². The van der Waals surface area contributed by atoms with Crippen LogP contribution in [-0.2, 0) is 18.9 Å². The number of hydrogen-bond donors (Lipinski definition) is 2. The van der Waals surface area contributed by atoms with E-state index in [1.165, 1.54) is 0 Å². The van der Waals surface area contributed by atoms with Crippen molar-refractivity contribution in [2.24, 2.45) is 0 Å². The van der Waals surface area contributed by atoms with E-state index in [4.69, 9.17) is 38.4 Å². The zero-order chi connectivity index (χ0) is 24.4. The summed E-state index contributed by atoms with van der Waals surface area (Å²) in [5.41, 5.74) is 4.64. The maximum Gasteiger partial charge on any atom is 0.163 e. The van der Waals surface area contributed by atoms with Gasteiger partial charge in [-0.1, -0.05) is 0 Å². The lowest BCUT2D eigenvalue weighted by Crippen LogP contribution is -2.16. The number of benzene rings is 1. The van der Waals surface area contributed by atoms with E-state index in [1.54, 1.807) is 0 Å². The van der Waals surface area contributed by atoms with E-state index in [-0.39, 0.29) is 0 Å². The molecule has 0 unspecified atom stereocenters. The third-order valence-corrected chi connectivity index (χ3v) is 5.52. The van der Waals surface area contributed by atoms with Gasteiger partial charge >= 0.3 is 0 Å². The fourth-order valence-electron chi connectivity index (χ4n) is 3.80. The Hall–Kier alpha value is -3.44. The van der Waals surface area contributed by atoms with E-state index in [2.05, 4.69) is 9.97 Å². The topological polar surface area (TPSA) is 113 Å². The molecule has 10 nitrogen and oxygen atoms in total. The largest absolute Gasteiger partial charge is 0.487 e. The predicted molar refractivity (Wildman–Crippen MR) is 133 cm³/mol. The van der Waals surface area contributed by atoms with Crippen LogP contribution in [0, 0.1) is 0 Å². The third-order valence-electron chi connectivity index (χ3n) is 5.52. The van der Waals surface area contributed by atoms with Crippen molar-refractivity contribution in [2.45, 2.75) is 0 Å². The molecule has 1 aromatic carbocycles. The summed E-state index contributed by atoms with van der Waals surface area (Å²) >= 11 is 0. The van der Waals surface area contributed by atoms with Gasteiger partial charge in [-0.25, -0.2) is 9.97 Å². The van der Waals surface area contributed by atoms with Crippen molar-refractivity contribution < 1.29 is 28.4 Å². The molecule has 0 atom stereocenters. The molecular formula is C26H30N4O6. The van der Waals surface area contributed by atoms with Gasteiger partial charge in [-0.05, 0) is 24.3 Å². The van der Waals surface area contributed by atoms with Gasteiger partial charge in [0.25, 0.3) is 0 Å². The standard InChI is InChI=1S/C26H30N4O6/c1-3-19(27-5-1)25-26(20-4-2-6-28-20)30-22-18-24-23(17-21(22)29-25)35-15-13-33-11-9-31-7-8-32-10-12-34-14-16-36-24/h1-6,17-18,27-28H,7-16H2. The molecule has 0 aliphatic carbocycles. The minimum absolute atomic E-state index is 0.360. The molecule has 0 fully saturated rings. The van der Waals surface area contributed by atoms with Crippen LogP contribution < -0.4 is 9.47 Å². The lowest BCUT2D eigenvalue weighted by atomic mass is 10.1. The van der Waals surface area contributed by atoms with Crippen molar-refractivity contribution in [3.8, 4) is 34.3 Å². The molecule has 1 aliphatic heterocycles. The number of aromatic amines is 2. The Morgan fingerprint density at radius 2 is 0.917 bits per heavy atom. The highest BCUT2D eigenvalue weighted by Crippen LogP contribution is 2.35. The van der Waals surface area contributed by atoms with Gasteiger partial charge in [0.15, 0.2) is 11.5 Å². The van der Waals surface area contributed by atoms with Gasteiger partial charge in [-0.3, -0.25) is 0 Å². The number of nitrogens with zero attached hydrogens (tertiary/aromatic N) is 2. The average Bonchev–Trinajstić information content (AvgIpc) is 3.62. The lowest BCUT2D eigenvalue weighted by molar-refractivity contribution is -0.00840. The van der Waals surface area contributed by atoms with Crippen molar-refractivity contribution in [3.05, 3.63) is 48.8 Å². The van der Waals surface area contributed by atoms with Gasteiger partial charge in [0.05, 0.1) is 75.3 Å². The van der Waals surface area contributed by atoms with Crippen molar-refractivity contribution in [2.75, 3.05) is 66.1 Å². The van der Waals surface area contributed by atoms with Crippen molar-refractivity contribution in [1.29, 1.82) is 0 Å². The summed E-state index contributed by atoms with van der Waals surface area (Å²) in [5, 5.41) is 0. The Kier molecular flexibility index (Phi) is 8.42. The minimum atomic E-state index is 0.360. The summed E-state index contributed by atoms with van der Waals surface area (Å²) in [5.74, 6) is 1.15. The smallest absolute Gasteiger partial charge is 0.163 e. The SMILES string of the molecule is c1c[nH]c(-c2nc3cc4c(cc3nc2-c2ccc[nH]2)OCCOCCOCCOCCOCCO4)c1. The van der Waals surface area contributed by atoms with Crippen molar-refractivity contribution >= 4 is 11.0 Å². The molecule has 4 aromatic rings. The quantitative estimate of drug-likeness (QED) is 0.436. The molecule has 0 spiro atoms. The molecule has 10 heteroatoms. The number of hydrogen-bond acceptors (Lipinski definition) is 8. The Morgan fingerprint density at radius 3 is 1.28 bits per heavy atom. The minimum Gasteiger partial charge on any atom is -0.487 e. The predicted octanol–water partition coefficient (Wildman–Crippen LogP) is 3.46. The second-order valence-corrected chi connectivity index (χ2v) is 8.02. The molecule has 1 aliphatic rings. The Morgan fingerprint density at radius 1 is 0.528 bits per heavy atom. The summed E-state index contributed by atoms with van der Waals surface area (Å²) in [6, 6.07) is 11.5. The molecule has 36 heavy (non-hydrogen) atoms. The second kappa shape index (κ2) is 12.5. The molecule has 3 aromatic heterocycles. The first-order valence-corrected chi connectivity index (χ1v) is 12.1. The summed E-state index contributed by atoms with van der Waals surface area (Å²) in [6.45, 7) is 4.60. The first kappa shape index (κ1) is 24.3. The fraction of sp³-hybridized carbons (Fsp3) is 0.385. The van der Waals surface area contributed by atoms with Crippen LogP contribution in [0.4, 0.5) is 0 Å². The van der Waals surface area contributed by atoms with Gasteiger partial charge < -0.3 is 38.4 Å². The number of aromatic nitrogens is 4.